The van der Waals surface area contributed by atoms with Crippen molar-refractivity contribution in [2.75, 3.05) is 0 Å². The van der Waals surface area contributed by atoms with E-state index in [9.17, 15) is 0 Å². The Morgan fingerprint density at radius 2 is 1.65 bits per heavy atom. The topological polar surface area (TPSA) is 13.1 Å². The molecule has 0 aromatic carbocycles. The van der Waals surface area contributed by atoms with Crippen LogP contribution in [0.25, 0.3) is 0 Å². The van der Waals surface area contributed by atoms with Crippen LogP contribution in [0.4, 0.5) is 0 Å². The highest BCUT2D eigenvalue weighted by molar-refractivity contribution is 6.80. The average Bonchev–Trinajstić information content (AvgIpc) is 3.26. The van der Waals surface area contributed by atoms with E-state index in [1.165, 1.54) is 63.5 Å². The summed E-state index contributed by atoms with van der Waals surface area (Å²) < 4.78 is 6.18. The van der Waals surface area contributed by atoms with Gasteiger partial charge >= 0.3 is 0 Å². The number of aryl methyl sites for hydroxylation is 1. The zero-order valence-corrected chi connectivity index (χ0v) is 16.3. The van der Waals surface area contributed by atoms with Gasteiger partial charge in [-0.3, -0.25) is 0 Å². The Labute approximate surface area is 143 Å². The Hall–Kier alpha value is -0.503. The van der Waals surface area contributed by atoms with Gasteiger partial charge in [-0.15, -0.1) is 0 Å². The first-order chi connectivity index (χ1) is 11.1. The molecule has 0 N–H and O–H groups in total. The van der Waals surface area contributed by atoms with E-state index >= 15 is 0 Å². The molecular weight excluding hydrogens is 296 g/mol. The fourth-order valence-electron chi connectivity index (χ4n) is 6.73. The van der Waals surface area contributed by atoms with Crippen molar-refractivity contribution < 1.29 is 4.42 Å². The van der Waals surface area contributed by atoms with Crippen LogP contribution >= 0.6 is 0 Å². The highest BCUT2D eigenvalue weighted by Crippen LogP contribution is 2.63. The van der Waals surface area contributed by atoms with Crippen molar-refractivity contribution in [1.29, 1.82) is 0 Å². The number of rotatable bonds is 3. The van der Waals surface area contributed by atoms with E-state index in [2.05, 4.69) is 32.2 Å². The van der Waals surface area contributed by atoms with Crippen molar-refractivity contribution in [1.82, 2.24) is 0 Å². The lowest BCUT2D eigenvalue weighted by Gasteiger charge is -2.43. The molecule has 3 aliphatic rings. The third-order valence-electron chi connectivity index (χ3n) is 7.81. The molecule has 3 saturated carbocycles. The quantitative estimate of drug-likeness (QED) is 0.549. The first kappa shape index (κ1) is 16.0. The molecule has 0 saturated heterocycles. The predicted molar refractivity (Wildman–Crippen MR) is 99.7 cm³/mol. The summed E-state index contributed by atoms with van der Waals surface area (Å²) in [5, 5.41) is 0. The van der Waals surface area contributed by atoms with Gasteiger partial charge in [0.15, 0.2) is 0 Å². The number of fused-ring (bicyclic) bond motifs is 1. The van der Waals surface area contributed by atoms with Gasteiger partial charge < -0.3 is 4.42 Å². The van der Waals surface area contributed by atoms with Gasteiger partial charge in [0.05, 0.1) is 8.07 Å². The summed E-state index contributed by atoms with van der Waals surface area (Å²) in [6, 6.07) is 4.50. The SMILES string of the molecule is Cc1ccc(C2CC3CCCCC3C2[Si](C)(C)C2CCCC2)o1. The van der Waals surface area contributed by atoms with Crippen LogP contribution in [0, 0.1) is 18.8 Å². The Morgan fingerprint density at radius 3 is 2.35 bits per heavy atom. The molecule has 3 aliphatic carbocycles. The van der Waals surface area contributed by atoms with Gasteiger partial charge in [-0.25, -0.2) is 0 Å². The molecule has 0 spiro atoms. The normalized spacial score (nSPS) is 35.6. The summed E-state index contributed by atoms with van der Waals surface area (Å²) >= 11 is 0. The zero-order chi connectivity index (χ0) is 16.0. The summed E-state index contributed by atoms with van der Waals surface area (Å²) in [6.45, 7) is 7.60. The first-order valence-electron chi connectivity index (χ1n) is 10.1. The fraction of sp³-hybridized carbons (Fsp3) is 0.810. The Bertz CT molecular complexity index is 540. The van der Waals surface area contributed by atoms with Crippen LogP contribution in [0.1, 0.15) is 75.2 Å². The summed E-state index contributed by atoms with van der Waals surface area (Å²) in [4.78, 5) is 0. The van der Waals surface area contributed by atoms with E-state index in [-0.39, 0.29) is 0 Å². The largest absolute Gasteiger partial charge is 0.466 e. The van der Waals surface area contributed by atoms with Crippen LogP contribution in [0.15, 0.2) is 16.5 Å². The van der Waals surface area contributed by atoms with E-state index < -0.39 is 8.07 Å². The van der Waals surface area contributed by atoms with E-state index in [0.29, 0.717) is 0 Å². The summed E-state index contributed by atoms with van der Waals surface area (Å²) in [6.07, 6.45) is 13.4. The van der Waals surface area contributed by atoms with Gasteiger partial charge in [0.2, 0.25) is 0 Å². The zero-order valence-electron chi connectivity index (χ0n) is 15.3. The Kier molecular flexibility index (Phi) is 4.24. The highest BCUT2D eigenvalue weighted by atomic mass is 28.3. The van der Waals surface area contributed by atoms with Crippen LogP contribution in [0.2, 0.25) is 24.2 Å². The average molecular weight is 331 g/mol. The van der Waals surface area contributed by atoms with Gasteiger partial charge in [0.25, 0.3) is 0 Å². The standard InChI is InChI=1S/C21H34OSi/c1-15-12-13-20(22-15)19-14-16-8-4-7-11-18(16)21(19)23(2,3)17-9-5-6-10-17/h12-13,16-19,21H,4-11,14H2,1-3H3. The molecule has 4 rings (SSSR count). The molecule has 0 amide bonds. The highest BCUT2D eigenvalue weighted by Gasteiger charge is 2.54. The lowest BCUT2D eigenvalue weighted by Crippen LogP contribution is -2.42. The third kappa shape index (κ3) is 2.75. The van der Waals surface area contributed by atoms with Crippen molar-refractivity contribution in [2.45, 2.75) is 94.8 Å². The fourth-order valence-corrected chi connectivity index (χ4v) is 12.1. The molecule has 0 aliphatic heterocycles. The van der Waals surface area contributed by atoms with Crippen molar-refractivity contribution in [3.8, 4) is 0 Å². The number of furan rings is 1. The van der Waals surface area contributed by atoms with E-state index in [4.69, 9.17) is 4.42 Å². The maximum absolute atomic E-state index is 6.18. The van der Waals surface area contributed by atoms with Crippen molar-refractivity contribution in [3.63, 3.8) is 0 Å². The van der Waals surface area contributed by atoms with Gasteiger partial charge in [0.1, 0.15) is 11.5 Å². The molecule has 1 aromatic heterocycles. The van der Waals surface area contributed by atoms with E-state index in [1.54, 1.807) is 0 Å². The molecule has 128 valence electrons. The second kappa shape index (κ2) is 6.09. The molecule has 3 fully saturated rings. The lowest BCUT2D eigenvalue weighted by atomic mass is 9.82. The maximum atomic E-state index is 6.18. The van der Waals surface area contributed by atoms with E-state index in [0.717, 1.165) is 34.6 Å². The van der Waals surface area contributed by atoms with Crippen LogP contribution < -0.4 is 0 Å². The van der Waals surface area contributed by atoms with Crippen molar-refractivity contribution in [2.24, 2.45) is 11.8 Å². The molecule has 1 nitrogen and oxygen atoms in total. The molecule has 1 aromatic rings. The van der Waals surface area contributed by atoms with Gasteiger partial charge in [-0.2, -0.15) is 0 Å². The second-order valence-corrected chi connectivity index (χ2v) is 14.5. The number of hydrogen-bond donors (Lipinski definition) is 0. The van der Waals surface area contributed by atoms with Crippen molar-refractivity contribution in [3.05, 3.63) is 23.7 Å². The minimum atomic E-state index is -1.24. The molecule has 23 heavy (non-hydrogen) atoms. The van der Waals surface area contributed by atoms with Crippen LogP contribution in [0.3, 0.4) is 0 Å². The third-order valence-corrected chi connectivity index (χ3v) is 13.0. The Morgan fingerprint density at radius 1 is 0.957 bits per heavy atom. The van der Waals surface area contributed by atoms with E-state index in [1.807, 2.05) is 0 Å². The minimum Gasteiger partial charge on any atom is -0.466 e. The molecule has 1 heterocycles. The molecule has 0 bridgehead atoms. The van der Waals surface area contributed by atoms with Gasteiger partial charge in [-0.05, 0) is 48.4 Å². The number of hydrogen-bond acceptors (Lipinski definition) is 1. The molecule has 2 heteroatoms. The van der Waals surface area contributed by atoms with Crippen LogP contribution in [0.5, 0.6) is 0 Å². The first-order valence-corrected chi connectivity index (χ1v) is 13.3. The molecule has 4 unspecified atom stereocenters. The second-order valence-electron chi connectivity index (χ2n) is 9.33. The lowest BCUT2D eigenvalue weighted by molar-refractivity contribution is 0.274. The predicted octanol–water partition coefficient (Wildman–Crippen LogP) is 6.90. The smallest absolute Gasteiger partial charge is 0.107 e. The minimum absolute atomic E-state index is 0.735. The van der Waals surface area contributed by atoms with Gasteiger partial charge in [-0.1, -0.05) is 64.5 Å². The molecular formula is C21H34OSi. The molecule has 0 radical (unpaired) electrons. The van der Waals surface area contributed by atoms with Crippen LogP contribution in [-0.2, 0) is 0 Å². The summed E-state index contributed by atoms with van der Waals surface area (Å²) in [7, 11) is -1.24. The monoisotopic (exact) mass is 330 g/mol. The summed E-state index contributed by atoms with van der Waals surface area (Å²) in [5.74, 6) is 5.19. The molecule has 4 atom stereocenters. The van der Waals surface area contributed by atoms with Crippen LogP contribution in [-0.4, -0.2) is 8.07 Å². The maximum Gasteiger partial charge on any atom is 0.107 e. The summed E-state index contributed by atoms with van der Waals surface area (Å²) in [5.41, 5.74) is 2.05. The van der Waals surface area contributed by atoms with Gasteiger partial charge in [0, 0.05) is 5.92 Å². The Balaban J connectivity index is 1.68. The van der Waals surface area contributed by atoms with Crippen molar-refractivity contribution >= 4 is 8.07 Å².